The maximum Gasteiger partial charge on any atom is 0.274 e. The molecule has 0 saturated carbocycles. The van der Waals surface area contributed by atoms with Gasteiger partial charge in [0.25, 0.3) is 5.91 Å². The second kappa shape index (κ2) is 7.07. The smallest absolute Gasteiger partial charge is 0.274 e. The number of amides is 1. The summed E-state index contributed by atoms with van der Waals surface area (Å²) >= 11 is 0. The second-order valence-electron chi connectivity index (χ2n) is 6.37. The van der Waals surface area contributed by atoms with E-state index >= 15 is 0 Å². The Balaban J connectivity index is 1.59. The van der Waals surface area contributed by atoms with Gasteiger partial charge in [0.2, 0.25) is 0 Å². The van der Waals surface area contributed by atoms with Crippen LogP contribution >= 0.6 is 0 Å². The Kier molecular flexibility index (Phi) is 4.46. The van der Waals surface area contributed by atoms with E-state index in [1.54, 1.807) is 44.4 Å². The molecule has 2 aromatic carbocycles. The third kappa shape index (κ3) is 3.46. The van der Waals surface area contributed by atoms with Crippen LogP contribution in [0.15, 0.2) is 54.6 Å². The lowest BCUT2D eigenvalue weighted by atomic mass is 10.2. The van der Waals surface area contributed by atoms with E-state index in [4.69, 9.17) is 4.74 Å². The normalized spacial score (nSPS) is 12.6. The zero-order valence-electron chi connectivity index (χ0n) is 15.3. The van der Waals surface area contributed by atoms with Crippen molar-refractivity contribution in [2.75, 3.05) is 23.9 Å². The van der Waals surface area contributed by atoms with Crippen LogP contribution < -0.4 is 15.0 Å². The van der Waals surface area contributed by atoms with Crippen molar-refractivity contribution in [1.82, 2.24) is 9.97 Å². The largest absolute Gasteiger partial charge is 0.497 e. The average molecular weight is 360 g/mol. The van der Waals surface area contributed by atoms with E-state index in [1.807, 2.05) is 12.1 Å². The minimum Gasteiger partial charge on any atom is -0.497 e. The Morgan fingerprint density at radius 1 is 1.11 bits per heavy atom. The number of nitrogens with one attached hydrogen (secondary N) is 1. The molecule has 1 aliphatic heterocycles. The van der Waals surface area contributed by atoms with Crippen molar-refractivity contribution in [2.24, 2.45) is 0 Å². The molecule has 0 atom stereocenters. The van der Waals surface area contributed by atoms with E-state index in [0.717, 1.165) is 30.2 Å². The topological polar surface area (TPSA) is 67.3 Å². The molecule has 2 heterocycles. The Morgan fingerprint density at radius 3 is 2.67 bits per heavy atom. The number of hydrogen-bond donors (Lipinski definition) is 1. The van der Waals surface area contributed by atoms with Crippen LogP contribution in [0.2, 0.25) is 0 Å². The lowest BCUT2D eigenvalue weighted by molar-refractivity contribution is 0.102. The monoisotopic (exact) mass is 360 g/mol. The maximum atomic E-state index is 12.7. The van der Waals surface area contributed by atoms with Crippen molar-refractivity contribution < 1.29 is 9.53 Å². The summed E-state index contributed by atoms with van der Waals surface area (Å²) in [5, 5.41) is 2.87. The molecule has 136 valence electrons. The number of hydrogen-bond acceptors (Lipinski definition) is 5. The number of aromatic nitrogens is 2. The van der Waals surface area contributed by atoms with Crippen LogP contribution in [0.4, 0.5) is 17.2 Å². The van der Waals surface area contributed by atoms with Gasteiger partial charge in [-0.1, -0.05) is 18.2 Å². The van der Waals surface area contributed by atoms with E-state index in [2.05, 4.69) is 32.3 Å². The first-order valence-electron chi connectivity index (χ1n) is 8.80. The lowest BCUT2D eigenvalue weighted by Gasteiger charge is -2.19. The first-order valence-corrected chi connectivity index (χ1v) is 8.80. The molecule has 6 nitrogen and oxygen atoms in total. The second-order valence-corrected chi connectivity index (χ2v) is 6.37. The van der Waals surface area contributed by atoms with E-state index in [-0.39, 0.29) is 5.91 Å². The summed E-state index contributed by atoms with van der Waals surface area (Å²) in [5.74, 6) is 1.78. The van der Waals surface area contributed by atoms with Crippen molar-refractivity contribution in [3.8, 4) is 5.75 Å². The van der Waals surface area contributed by atoms with Gasteiger partial charge in [0.05, 0.1) is 7.11 Å². The number of aryl methyl sites for hydroxylation is 1. The molecular formula is C21H20N4O2. The third-order valence-corrected chi connectivity index (χ3v) is 4.57. The molecule has 0 saturated heterocycles. The van der Waals surface area contributed by atoms with Gasteiger partial charge in [0, 0.05) is 24.0 Å². The zero-order chi connectivity index (χ0) is 18.8. The summed E-state index contributed by atoms with van der Waals surface area (Å²) in [7, 11) is 1.61. The molecule has 0 fully saturated rings. The standard InChI is InChI=1S/C21H20N4O2/c1-14-22-18(21(26)24-16-7-9-17(27-2)10-8-16)13-20(23-14)25-12-11-15-5-3-4-6-19(15)25/h3-10,13H,11-12H2,1-2H3,(H,24,26). The van der Waals surface area contributed by atoms with Gasteiger partial charge in [-0.15, -0.1) is 0 Å². The fraction of sp³-hybridized carbons (Fsp3) is 0.190. The Morgan fingerprint density at radius 2 is 1.89 bits per heavy atom. The van der Waals surface area contributed by atoms with Crippen molar-refractivity contribution in [3.05, 3.63) is 71.7 Å². The molecule has 27 heavy (non-hydrogen) atoms. The van der Waals surface area contributed by atoms with Gasteiger partial charge in [-0.05, 0) is 49.2 Å². The summed E-state index contributed by atoms with van der Waals surface area (Å²) in [6.45, 7) is 2.64. The molecule has 1 amide bonds. The van der Waals surface area contributed by atoms with E-state index in [0.29, 0.717) is 17.2 Å². The first-order chi connectivity index (χ1) is 13.1. The van der Waals surface area contributed by atoms with Gasteiger partial charge in [-0.3, -0.25) is 4.79 Å². The first kappa shape index (κ1) is 17.0. The van der Waals surface area contributed by atoms with Gasteiger partial charge in [0.15, 0.2) is 0 Å². The van der Waals surface area contributed by atoms with Crippen LogP contribution in [0.5, 0.6) is 5.75 Å². The molecular weight excluding hydrogens is 340 g/mol. The summed E-state index contributed by atoms with van der Waals surface area (Å²) in [6, 6.07) is 17.2. The zero-order valence-corrected chi connectivity index (χ0v) is 15.3. The van der Waals surface area contributed by atoms with Crippen molar-refractivity contribution >= 4 is 23.1 Å². The lowest BCUT2D eigenvalue weighted by Crippen LogP contribution is -2.19. The van der Waals surface area contributed by atoms with E-state index < -0.39 is 0 Å². The van der Waals surface area contributed by atoms with Crippen molar-refractivity contribution in [3.63, 3.8) is 0 Å². The molecule has 0 radical (unpaired) electrons. The van der Waals surface area contributed by atoms with Crippen molar-refractivity contribution in [2.45, 2.75) is 13.3 Å². The quantitative estimate of drug-likeness (QED) is 0.768. The fourth-order valence-corrected chi connectivity index (χ4v) is 3.25. The molecule has 0 spiro atoms. The minimum atomic E-state index is -0.264. The molecule has 1 N–H and O–H groups in total. The predicted octanol–water partition coefficient (Wildman–Crippen LogP) is 3.74. The molecule has 1 aliphatic rings. The number of nitrogens with zero attached hydrogens (tertiary/aromatic N) is 3. The molecule has 0 unspecified atom stereocenters. The third-order valence-electron chi connectivity index (χ3n) is 4.57. The minimum absolute atomic E-state index is 0.264. The number of carbonyl (C=O) groups is 1. The van der Waals surface area contributed by atoms with Gasteiger partial charge < -0.3 is 15.0 Å². The van der Waals surface area contributed by atoms with Crippen LogP contribution in [-0.2, 0) is 6.42 Å². The summed E-state index contributed by atoms with van der Waals surface area (Å²) < 4.78 is 5.14. The highest BCUT2D eigenvalue weighted by Crippen LogP contribution is 2.33. The highest BCUT2D eigenvalue weighted by Gasteiger charge is 2.22. The number of para-hydroxylation sites is 1. The number of methoxy groups -OCH3 is 1. The number of benzene rings is 2. The number of anilines is 3. The Bertz CT molecular complexity index is 986. The van der Waals surface area contributed by atoms with Crippen molar-refractivity contribution in [1.29, 1.82) is 0 Å². The molecule has 1 aromatic heterocycles. The molecule has 3 aromatic rings. The number of fused-ring (bicyclic) bond motifs is 1. The Hall–Kier alpha value is -3.41. The van der Waals surface area contributed by atoms with Crippen LogP contribution in [0.25, 0.3) is 0 Å². The molecule has 6 heteroatoms. The fourth-order valence-electron chi connectivity index (χ4n) is 3.25. The number of ether oxygens (including phenoxy) is 1. The van der Waals surface area contributed by atoms with Crippen LogP contribution in [-0.4, -0.2) is 29.5 Å². The van der Waals surface area contributed by atoms with Gasteiger partial charge in [-0.25, -0.2) is 9.97 Å². The van der Waals surface area contributed by atoms with Crippen LogP contribution in [0.1, 0.15) is 21.9 Å². The maximum absolute atomic E-state index is 12.7. The average Bonchev–Trinajstić information content (AvgIpc) is 3.12. The number of rotatable bonds is 4. The Labute approximate surface area is 157 Å². The predicted molar refractivity (Wildman–Crippen MR) is 105 cm³/mol. The highest BCUT2D eigenvalue weighted by molar-refractivity contribution is 6.03. The summed E-state index contributed by atoms with van der Waals surface area (Å²) in [5.41, 5.74) is 3.46. The molecule has 4 rings (SSSR count). The summed E-state index contributed by atoms with van der Waals surface area (Å²) in [6.07, 6.45) is 0.965. The number of carbonyl (C=O) groups excluding carboxylic acids is 1. The molecule has 0 bridgehead atoms. The molecule has 0 aliphatic carbocycles. The van der Waals surface area contributed by atoms with Gasteiger partial charge in [0.1, 0.15) is 23.1 Å². The van der Waals surface area contributed by atoms with E-state index in [1.165, 1.54) is 5.56 Å². The SMILES string of the molecule is COc1ccc(NC(=O)c2cc(N3CCc4ccccc43)nc(C)n2)cc1. The highest BCUT2D eigenvalue weighted by atomic mass is 16.5. The van der Waals surface area contributed by atoms with Crippen LogP contribution in [0.3, 0.4) is 0 Å². The summed E-state index contributed by atoms with van der Waals surface area (Å²) in [4.78, 5) is 23.7. The van der Waals surface area contributed by atoms with E-state index in [9.17, 15) is 4.79 Å². The van der Waals surface area contributed by atoms with Crippen LogP contribution in [0, 0.1) is 6.92 Å². The van der Waals surface area contributed by atoms with Gasteiger partial charge >= 0.3 is 0 Å². The van der Waals surface area contributed by atoms with Gasteiger partial charge in [-0.2, -0.15) is 0 Å².